The molecule has 0 fully saturated rings. The highest BCUT2D eigenvalue weighted by atomic mass is 32.2. The topological polar surface area (TPSA) is 83.5 Å². The minimum atomic E-state index is -5.86. The van der Waals surface area contributed by atoms with Crippen molar-refractivity contribution in [3.05, 3.63) is 65.2 Å². The Kier molecular flexibility index (Phi) is 4.95. The van der Waals surface area contributed by atoms with Gasteiger partial charge in [0.15, 0.2) is 23.3 Å². The van der Waals surface area contributed by atoms with Gasteiger partial charge in [-0.2, -0.15) is 0 Å². The van der Waals surface area contributed by atoms with Crippen molar-refractivity contribution in [3.8, 4) is 5.75 Å². The molecule has 2 rings (SSSR count). The zero-order valence-electron chi connectivity index (χ0n) is 12.1. The molecule has 0 aliphatic rings. The van der Waals surface area contributed by atoms with Crippen molar-refractivity contribution >= 4 is 22.2 Å². The zero-order valence-corrected chi connectivity index (χ0v) is 12.9. The summed E-state index contributed by atoms with van der Waals surface area (Å²) in [6, 6.07) is 5.29. The Labute approximate surface area is 138 Å². The fourth-order valence-corrected chi connectivity index (χ4v) is 2.46. The molecule has 0 amide bonds. The van der Waals surface area contributed by atoms with Gasteiger partial charge in [0.05, 0.1) is 0 Å². The van der Waals surface area contributed by atoms with Crippen LogP contribution in [0.25, 0.3) is 6.08 Å². The first-order chi connectivity index (χ1) is 11.6. The summed E-state index contributed by atoms with van der Waals surface area (Å²) in [5.74, 6) is -11.8. The summed E-state index contributed by atoms with van der Waals surface area (Å²) in [6.45, 7) is 3.47. The zero-order chi connectivity index (χ0) is 18.9. The lowest BCUT2D eigenvalue weighted by molar-refractivity contribution is 0.0720. The van der Waals surface area contributed by atoms with Gasteiger partial charge in [0.25, 0.3) is 0 Å². The first-order valence-electron chi connectivity index (χ1n) is 6.34. The van der Waals surface area contributed by atoms with Crippen LogP contribution >= 0.6 is 0 Å². The second-order valence-electron chi connectivity index (χ2n) is 4.58. The number of carbonyl (C=O) groups is 1. The molecule has 0 spiro atoms. The molecule has 0 N–H and O–H groups in total. The number of hydrogen-bond donors (Lipinski definition) is 0. The Morgan fingerprint density at radius 2 is 1.48 bits per heavy atom. The summed E-state index contributed by atoms with van der Waals surface area (Å²) in [5.41, 5.74) is -1.19. The molecule has 0 aliphatic heterocycles. The van der Waals surface area contributed by atoms with Gasteiger partial charge in [-0.05, 0) is 17.7 Å². The van der Waals surface area contributed by atoms with Crippen LogP contribution < -0.4 is 4.74 Å². The van der Waals surface area contributed by atoms with Crippen molar-refractivity contribution in [1.29, 1.82) is 0 Å². The van der Waals surface area contributed by atoms with Crippen LogP contribution in [0.3, 0.4) is 0 Å². The van der Waals surface area contributed by atoms with Gasteiger partial charge in [0.2, 0.25) is 0 Å². The van der Waals surface area contributed by atoms with Gasteiger partial charge in [0, 0.05) is 0 Å². The molecule has 25 heavy (non-hydrogen) atoms. The Bertz CT molecular complexity index is 939. The summed E-state index contributed by atoms with van der Waals surface area (Å²) in [7, 11) is -5.86. The Morgan fingerprint density at radius 1 is 1.00 bits per heavy atom. The van der Waals surface area contributed by atoms with E-state index < -0.39 is 49.8 Å². The van der Waals surface area contributed by atoms with Gasteiger partial charge < -0.3 is 9.29 Å². The Balaban J connectivity index is 2.51. The number of rotatable bonds is 4. The molecule has 10 heteroatoms. The fraction of sp³-hybridized carbons (Fsp3) is 0. The largest absolute Gasteiger partial charge is 0.744 e. The molecule has 0 radical (unpaired) electrons. The highest BCUT2D eigenvalue weighted by molar-refractivity contribution is 7.85. The summed E-state index contributed by atoms with van der Waals surface area (Å²) < 4.78 is 91.6. The van der Waals surface area contributed by atoms with Crippen LogP contribution in [0.2, 0.25) is 0 Å². The average Bonchev–Trinajstić information content (AvgIpc) is 2.53. The summed E-state index contributed by atoms with van der Waals surface area (Å²) in [6.07, 6.45) is 1.46. The van der Waals surface area contributed by atoms with Crippen molar-refractivity contribution in [2.24, 2.45) is 0 Å². The molecule has 0 saturated carbocycles. The quantitative estimate of drug-likeness (QED) is 0.270. The molecule has 0 bridgehead atoms. The second kappa shape index (κ2) is 6.65. The summed E-state index contributed by atoms with van der Waals surface area (Å²) >= 11 is 0. The first-order valence-corrected chi connectivity index (χ1v) is 7.75. The minimum Gasteiger partial charge on any atom is -0.744 e. The molecule has 0 unspecified atom stereocenters. The Hall–Kier alpha value is -2.72. The normalized spacial score (nSPS) is 11.2. The number of hydrogen-bond acceptors (Lipinski definition) is 5. The van der Waals surface area contributed by atoms with Gasteiger partial charge >= 0.3 is 5.97 Å². The van der Waals surface area contributed by atoms with Crippen molar-refractivity contribution in [2.75, 3.05) is 0 Å². The molecule has 0 aliphatic carbocycles. The van der Waals surface area contributed by atoms with Crippen LogP contribution in [0.5, 0.6) is 5.75 Å². The molecular weight excluding hydrogens is 368 g/mol. The molecule has 132 valence electrons. The highest BCUT2D eigenvalue weighted by Crippen LogP contribution is 2.28. The van der Waals surface area contributed by atoms with E-state index in [0.29, 0.717) is 5.56 Å². The van der Waals surface area contributed by atoms with Crippen LogP contribution in [-0.2, 0) is 10.1 Å². The number of benzene rings is 2. The highest BCUT2D eigenvalue weighted by Gasteiger charge is 2.33. The smallest absolute Gasteiger partial charge is 0.349 e. The SMILES string of the molecule is C=Cc1ccc(OC(=O)c2c(F)c(F)c(S(=O)(=O)[O-])c(F)c2F)cc1. The predicted octanol–water partition coefficient (Wildman–Crippen LogP) is 3.01. The molecule has 0 saturated heterocycles. The number of ether oxygens (including phenoxy) is 1. The summed E-state index contributed by atoms with van der Waals surface area (Å²) in [4.78, 5) is 9.44. The van der Waals surface area contributed by atoms with Gasteiger partial charge in [-0.25, -0.2) is 30.8 Å². The van der Waals surface area contributed by atoms with Crippen LogP contribution in [0.4, 0.5) is 17.6 Å². The van der Waals surface area contributed by atoms with E-state index in [1.54, 1.807) is 0 Å². The predicted molar refractivity (Wildman–Crippen MR) is 75.7 cm³/mol. The number of esters is 1. The Morgan fingerprint density at radius 3 is 1.88 bits per heavy atom. The maximum atomic E-state index is 13.8. The van der Waals surface area contributed by atoms with E-state index >= 15 is 0 Å². The lowest BCUT2D eigenvalue weighted by Crippen LogP contribution is -2.19. The third kappa shape index (κ3) is 3.54. The van der Waals surface area contributed by atoms with Crippen LogP contribution in [0, 0.1) is 23.3 Å². The van der Waals surface area contributed by atoms with Crippen LogP contribution in [0.15, 0.2) is 35.7 Å². The number of carbonyl (C=O) groups excluding carboxylic acids is 1. The maximum Gasteiger partial charge on any atom is 0.349 e. The lowest BCUT2D eigenvalue weighted by atomic mass is 10.1. The van der Waals surface area contributed by atoms with E-state index in [9.17, 15) is 35.3 Å². The van der Waals surface area contributed by atoms with E-state index in [1.165, 1.54) is 30.3 Å². The monoisotopic (exact) mass is 375 g/mol. The van der Waals surface area contributed by atoms with Gasteiger partial charge in [-0.15, -0.1) is 0 Å². The average molecular weight is 375 g/mol. The maximum absolute atomic E-state index is 13.8. The standard InChI is InChI=1S/C15H8F4O5S/c1-2-7-3-5-8(6-4-7)24-15(20)9-10(16)12(18)14(25(21,22)23)13(19)11(9)17/h2-6H,1H2,(H,21,22,23)/p-1. The fourth-order valence-electron chi connectivity index (χ4n) is 1.84. The third-order valence-electron chi connectivity index (χ3n) is 3.00. The second-order valence-corrected chi connectivity index (χ2v) is 5.89. The van der Waals surface area contributed by atoms with Gasteiger partial charge in [-0.3, -0.25) is 0 Å². The van der Waals surface area contributed by atoms with E-state index in [0.717, 1.165) is 0 Å². The minimum absolute atomic E-state index is 0.212. The molecule has 0 aromatic heterocycles. The van der Waals surface area contributed by atoms with Crippen molar-refractivity contribution in [1.82, 2.24) is 0 Å². The number of halogens is 4. The van der Waals surface area contributed by atoms with E-state index in [-0.39, 0.29) is 5.75 Å². The molecule has 2 aromatic rings. The van der Waals surface area contributed by atoms with Crippen molar-refractivity contribution in [2.45, 2.75) is 4.90 Å². The third-order valence-corrected chi connectivity index (χ3v) is 3.86. The molecule has 0 heterocycles. The molecular formula is C15H7F4O5S-. The van der Waals surface area contributed by atoms with Crippen LogP contribution in [0.1, 0.15) is 15.9 Å². The molecule has 0 atom stereocenters. The van der Waals surface area contributed by atoms with Crippen molar-refractivity contribution in [3.63, 3.8) is 0 Å². The van der Waals surface area contributed by atoms with Crippen molar-refractivity contribution < 1.29 is 40.1 Å². The summed E-state index contributed by atoms with van der Waals surface area (Å²) in [5, 5.41) is 0. The van der Waals surface area contributed by atoms with Crippen LogP contribution in [-0.4, -0.2) is 18.9 Å². The first kappa shape index (κ1) is 18.6. The van der Waals surface area contributed by atoms with Gasteiger partial charge in [-0.1, -0.05) is 24.8 Å². The van der Waals surface area contributed by atoms with E-state index in [2.05, 4.69) is 11.3 Å². The molecule has 5 nitrogen and oxygen atoms in total. The molecule has 2 aromatic carbocycles. The van der Waals surface area contributed by atoms with Gasteiger partial charge in [0.1, 0.15) is 26.3 Å². The van der Waals surface area contributed by atoms with E-state index in [1.807, 2.05) is 0 Å². The lowest BCUT2D eigenvalue weighted by Gasteiger charge is -2.13. The van der Waals surface area contributed by atoms with E-state index in [4.69, 9.17) is 0 Å².